The summed E-state index contributed by atoms with van der Waals surface area (Å²) >= 11 is 0. The Morgan fingerprint density at radius 3 is 2.50 bits per heavy atom. The van der Waals surface area contributed by atoms with Gasteiger partial charge in [0.25, 0.3) is 5.91 Å². The van der Waals surface area contributed by atoms with Crippen molar-refractivity contribution in [3.8, 4) is 0 Å². The number of likely N-dealkylation sites (tertiary alicyclic amines) is 1. The topological polar surface area (TPSA) is 62.4 Å². The van der Waals surface area contributed by atoms with Crippen LogP contribution in [0, 0.1) is 19.8 Å². The molecule has 1 fully saturated rings. The summed E-state index contributed by atoms with van der Waals surface area (Å²) in [6.45, 7) is 7.31. The SMILES string of the molecule is CCOC(=O)C1CCN(C(=O)c2cc(C)[nH]c2C)CC1. The highest BCUT2D eigenvalue weighted by Crippen LogP contribution is 2.21. The summed E-state index contributed by atoms with van der Waals surface area (Å²) < 4.78 is 5.04. The number of aromatic amines is 1. The second-order valence-electron chi connectivity index (χ2n) is 5.31. The Bertz CT molecular complexity index is 499. The maximum absolute atomic E-state index is 12.4. The fourth-order valence-electron chi connectivity index (χ4n) is 2.69. The van der Waals surface area contributed by atoms with Crippen LogP contribution < -0.4 is 0 Å². The van der Waals surface area contributed by atoms with Gasteiger partial charge in [0, 0.05) is 24.5 Å². The summed E-state index contributed by atoms with van der Waals surface area (Å²) in [6, 6.07) is 1.88. The van der Waals surface area contributed by atoms with Gasteiger partial charge in [-0.3, -0.25) is 9.59 Å². The molecule has 2 heterocycles. The number of H-pyrrole nitrogens is 1. The number of carbonyl (C=O) groups excluding carboxylic acids is 2. The van der Waals surface area contributed by atoms with E-state index in [-0.39, 0.29) is 17.8 Å². The minimum absolute atomic E-state index is 0.0501. The van der Waals surface area contributed by atoms with E-state index >= 15 is 0 Å². The predicted molar refractivity (Wildman–Crippen MR) is 75.5 cm³/mol. The van der Waals surface area contributed by atoms with Gasteiger partial charge in [0.05, 0.1) is 18.1 Å². The zero-order chi connectivity index (χ0) is 14.7. The lowest BCUT2D eigenvalue weighted by molar-refractivity contribution is -0.149. The first-order valence-electron chi connectivity index (χ1n) is 7.15. The van der Waals surface area contributed by atoms with Crippen LogP contribution in [0.15, 0.2) is 6.07 Å². The molecule has 1 saturated heterocycles. The molecule has 0 bridgehead atoms. The number of amides is 1. The van der Waals surface area contributed by atoms with Gasteiger partial charge in [-0.15, -0.1) is 0 Å². The van der Waals surface area contributed by atoms with Gasteiger partial charge >= 0.3 is 5.97 Å². The van der Waals surface area contributed by atoms with Gasteiger partial charge < -0.3 is 14.6 Å². The number of piperidine rings is 1. The van der Waals surface area contributed by atoms with Crippen LogP contribution in [0.3, 0.4) is 0 Å². The lowest BCUT2D eigenvalue weighted by atomic mass is 9.96. The molecule has 1 amide bonds. The van der Waals surface area contributed by atoms with Crippen LogP contribution >= 0.6 is 0 Å². The third kappa shape index (κ3) is 3.03. The van der Waals surface area contributed by atoms with Gasteiger partial charge in [0.1, 0.15) is 0 Å². The van der Waals surface area contributed by atoms with Crippen molar-refractivity contribution in [1.29, 1.82) is 0 Å². The lowest BCUT2D eigenvalue weighted by Crippen LogP contribution is -2.40. The van der Waals surface area contributed by atoms with E-state index < -0.39 is 0 Å². The second kappa shape index (κ2) is 6.11. The highest BCUT2D eigenvalue weighted by Gasteiger charge is 2.29. The summed E-state index contributed by atoms with van der Waals surface area (Å²) in [5, 5.41) is 0. The Morgan fingerprint density at radius 1 is 1.35 bits per heavy atom. The van der Waals surface area contributed by atoms with Crippen molar-refractivity contribution < 1.29 is 14.3 Å². The highest BCUT2D eigenvalue weighted by molar-refractivity contribution is 5.95. The first-order valence-corrected chi connectivity index (χ1v) is 7.15. The lowest BCUT2D eigenvalue weighted by Gasteiger charge is -2.30. The minimum atomic E-state index is -0.131. The molecule has 0 spiro atoms. The number of esters is 1. The number of carbonyl (C=O) groups is 2. The van der Waals surface area contributed by atoms with E-state index in [0.29, 0.717) is 32.5 Å². The average molecular weight is 278 g/mol. The van der Waals surface area contributed by atoms with Crippen LogP contribution in [0.25, 0.3) is 0 Å². The molecule has 0 unspecified atom stereocenters. The molecule has 0 aromatic carbocycles. The summed E-state index contributed by atoms with van der Waals surface area (Å²) in [5.41, 5.74) is 2.63. The predicted octanol–water partition coefficient (Wildman–Crippen LogP) is 2.05. The minimum Gasteiger partial charge on any atom is -0.466 e. The molecule has 1 aliphatic heterocycles. The van der Waals surface area contributed by atoms with Crippen LogP contribution in [-0.2, 0) is 9.53 Å². The van der Waals surface area contributed by atoms with Crippen molar-refractivity contribution in [1.82, 2.24) is 9.88 Å². The normalized spacial score (nSPS) is 16.2. The van der Waals surface area contributed by atoms with E-state index in [9.17, 15) is 9.59 Å². The number of nitrogens with zero attached hydrogens (tertiary/aromatic N) is 1. The smallest absolute Gasteiger partial charge is 0.309 e. The van der Waals surface area contributed by atoms with Gasteiger partial charge in [-0.2, -0.15) is 0 Å². The number of hydrogen-bond acceptors (Lipinski definition) is 3. The van der Waals surface area contributed by atoms with Gasteiger partial charge in [-0.25, -0.2) is 0 Å². The maximum Gasteiger partial charge on any atom is 0.309 e. The third-order valence-corrected chi connectivity index (χ3v) is 3.78. The number of aryl methyl sites for hydroxylation is 2. The molecule has 0 atom stereocenters. The van der Waals surface area contributed by atoms with E-state index in [0.717, 1.165) is 17.0 Å². The number of ether oxygens (including phenoxy) is 1. The van der Waals surface area contributed by atoms with Crippen molar-refractivity contribution in [3.63, 3.8) is 0 Å². The van der Waals surface area contributed by atoms with E-state index in [2.05, 4.69) is 4.98 Å². The summed E-state index contributed by atoms with van der Waals surface area (Å²) in [4.78, 5) is 29.1. The Hall–Kier alpha value is -1.78. The van der Waals surface area contributed by atoms with Crippen molar-refractivity contribution in [2.24, 2.45) is 5.92 Å². The molecule has 1 aliphatic rings. The van der Waals surface area contributed by atoms with Crippen molar-refractivity contribution in [2.75, 3.05) is 19.7 Å². The molecular weight excluding hydrogens is 256 g/mol. The second-order valence-corrected chi connectivity index (χ2v) is 5.31. The van der Waals surface area contributed by atoms with Crippen molar-refractivity contribution >= 4 is 11.9 Å². The van der Waals surface area contributed by atoms with E-state index in [1.165, 1.54) is 0 Å². The number of nitrogens with one attached hydrogen (secondary N) is 1. The summed E-state index contributed by atoms with van der Waals surface area (Å²) in [6.07, 6.45) is 1.38. The van der Waals surface area contributed by atoms with Crippen LogP contribution in [0.4, 0.5) is 0 Å². The average Bonchev–Trinajstić information content (AvgIpc) is 2.77. The van der Waals surface area contributed by atoms with Crippen molar-refractivity contribution in [3.05, 3.63) is 23.0 Å². The molecule has 1 N–H and O–H groups in total. The molecule has 1 aromatic rings. The van der Waals surface area contributed by atoms with Gasteiger partial charge in [0.2, 0.25) is 0 Å². The van der Waals surface area contributed by atoms with E-state index in [4.69, 9.17) is 4.74 Å². The summed E-state index contributed by atoms with van der Waals surface area (Å²) in [5.74, 6) is -0.143. The van der Waals surface area contributed by atoms with Crippen LogP contribution in [0.1, 0.15) is 41.5 Å². The molecule has 0 aliphatic carbocycles. The first-order chi connectivity index (χ1) is 9.52. The number of rotatable bonds is 3. The molecule has 2 rings (SSSR count). The molecular formula is C15H22N2O3. The molecule has 1 aromatic heterocycles. The molecule has 0 saturated carbocycles. The molecule has 5 heteroatoms. The monoisotopic (exact) mass is 278 g/mol. The Balaban J connectivity index is 1.95. The van der Waals surface area contributed by atoms with Crippen LogP contribution in [0.5, 0.6) is 0 Å². The van der Waals surface area contributed by atoms with Crippen LogP contribution in [-0.4, -0.2) is 41.5 Å². The Kier molecular flexibility index (Phi) is 4.47. The van der Waals surface area contributed by atoms with Crippen LogP contribution in [0.2, 0.25) is 0 Å². The van der Waals surface area contributed by atoms with Gasteiger partial charge in [0.15, 0.2) is 0 Å². The fourth-order valence-corrected chi connectivity index (χ4v) is 2.69. The maximum atomic E-state index is 12.4. The first kappa shape index (κ1) is 14.6. The summed E-state index contributed by atoms with van der Waals surface area (Å²) in [7, 11) is 0. The van der Waals surface area contributed by atoms with Gasteiger partial charge in [-0.05, 0) is 39.7 Å². The third-order valence-electron chi connectivity index (χ3n) is 3.78. The van der Waals surface area contributed by atoms with Crippen molar-refractivity contribution in [2.45, 2.75) is 33.6 Å². The Labute approximate surface area is 119 Å². The number of hydrogen-bond donors (Lipinski definition) is 1. The van der Waals surface area contributed by atoms with E-state index in [1.54, 1.807) is 0 Å². The van der Waals surface area contributed by atoms with Gasteiger partial charge in [-0.1, -0.05) is 0 Å². The zero-order valence-corrected chi connectivity index (χ0v) is 12.4. The quantitative estimate of drug-likeness (QED) is 0.861. The zero-order valence-electron chi connectivity index (χ0n) is 12.4. The highest BCUT2D eigenvalue weighted by atomic mass is 16.5. The molecule has 5 nitrogen and oxygen atoms in total. The molecule has 20 heavy (non-hydrogen) atoms. The number of aromatic nitrogens is 1. The Morgan fingerprint density at radius 2 is 2.00 bits per heavy atom. The fraction of sp³-hybridized carbons (Fsp3) is 0.600. The molecule has 0 radical (unpaired) electrons. The molecule has 110 valence electrons. The largest absolute Gasteiger partial charge is 0.466 e. The standard InChI is InChI=1S/C15H22N2O3/c1-4-20-15(19)12-5-7-17(8-6-12)14(18)13-9-10(2)16-11(13)3/h9,12,16H,4-8H2,1-3H3. The van der Waals surface area contributed by atoms with E-state index in [1.807, 2.05) is 31.7 Å².